The molecule has 1 aliphatic heterocycles. The first-order valence-corrected chi connectivity index (χ1v) is 17.4. The largest absolute Gasteiger partial charge is 0.462 e. The Balaban J connectivity index is 1.39. The standard InChI is InChI=1S/C37H56N2O5/c1-22(2)30-25(41)20-37(32(43)39-19-18-38(9)29(42)21-39)17-16-35(7)24(31(30)37)10-11-27-34(6)14-13-28(44-23(3)40)33(4,5)26(34)12-15-36(27,35)8/h22,24,26-28H,10-21H2,1-9H3/t24?,26?,27?,28-,34-,35+,36+,37+/m0/s1. The summed E-state index contributed by atoms with van der Waals surface area (Å²) in [6.45, 7) is 19.2. The van der Waals surface area contributed by atoms with E-state index in [0.29, 0.717) is 31.3 Å². The minimum atomic E-state index is -0.800. The quantitative estimate of drug-likeness (QED) is 0.357. The molecule has 0 N–H and O–H groups in total. The van der Waals surface area contributed by atoms with Gasteiger partial charge >= 0.3 is 5.97 Å². The molecule has 7 heteroatoms. The maximum Gasteiger partial charge on any atom is 0.302 e. The predicted octanol–water partition coefficient (Wildman–Crippen LogP) is 6.20. The van der Waals surface area contributed by atoms with Crippen molar-refractivity contribution in [2.45, 2.75) is 119 Å². The van der Waals surface area contributed by atoms with Crippen LogP contribution in [0, 0.1) is 50.7 Å². The molecular formula is C37H56N2O5. The molecule has 44 heavy (non-hydrogen) atoms. The first kappa shape index (κ1) is 31.8. The second-order valence-corrected chi connectivity index (χ2v) is 17.3. The maximum atomic E-state index is 14.6. The van der Waals surface area contributed by atoms with Gasteiger partial charge in [0.05, 0.1) is 12.0 Å². The number of rotatable bonds is 3. The Kier molecular flexibility index (Phi) is 7.34. The third-order valence-corrected chi connectivity index (χ3v) is 14.8. The smallest absolute Gasteiger partial charge is 0.302 e. The number of Topliss-reactive ketones (excluding diaryl/α,β-unsaturated/α-hetero) is 1. The second-order valence-electron chi connectivity index (χ2n) is 17.3. The highest BCUT2D eigenvalue weighted by Crippen LogP contribution is 2.76. The Morgan fingerprint density at radius 1 is 0.864 bits per heavy atom. The van der Waals surface area contributed by atoms with Gasteiger partial charge in [-0.25, -0.2) is 0 Å². The predicted molar refractivity (Wildman–Crippen MR) is 169 cm³/mol. The normalized spacial score (nSPS) is 43.3. The van der Waals surface area contributed by atoms with Crippen molar-refractivity contribution in [2.24, 2.45) is 50.7 Å². The number of allylic oxidation sites excluding steroid dienone is 1. The summed E-state index contributed by atoms with van der Waals surface area (Å²) in [4.78, 5) is 56.7. The number of carbonyl (C=O) groups is 4. The van der Waals surface area contributed by atoms with E-state index >= 15 is 0 Å². The first-order chi connectivity index (χ1) is 20.4. The third kappa shape index (κ3) is 4.11. The number of carbonyl (C=O) groups excluding carboxylic acids is 4. The van der Waals surface area contributed by atoms with Crippen LogP contribution in [0.15, 0.2) is 11.1 Å². The van der Waals surface area contributed by atoms with Gasteiger partial charge < -0.3 is 14.5 Å². The molecule has 0 spiro atoms. The van der Waals surface area contributed by atoms with Crippen molar-refractivity contribution >= 4 is 23.6 Å². The van der Waals surface area contributed by atoms with Gasteiger partial charge in [0.1, 0.15) is 6.10 Å². The van der Waals surface area contributed by atoms with Crippen LogP contribution in [0.5, 0.6) is 0 Å². The summed E-state index contributed by atoms with van der Waals surface area (Å²) in [5, 5.41) is 0. The van der Waals surface area contributed by atoms with Crippen LogP contribution in [0.2, 0.25) is 0 Å². The zero-order chi connectivity index (χ0) is 32.2. The Bertz CT molecular complexity index is 1320. The lowest BCUT2D eigenvalue weighted by Gasteiger charge is -2.72. The summed E-state index contributed by atoms with van der Waals surface area (Å²) in [6.07, 6.45) is 8.16. The molecule has 4 saturated carbocycles. The summed E-state index contributed by atoms with van der Waals surface area (Å²) in [5.74, 6) is 1.25. The van der Waals surface area contributed by atoms with Crippen LogP contribution in [0.4, 0.5) is 0 Å². The Labute approximate surface area is 264 Å². The molecule has 1 heterocycles. The fraction of sp³-hybridized carbons (Fsp3) is 0.838. The van der Waals surface area contributed by atoms with E-state index in [2.05, 4.69) is 48.5 Å². The average Bonchev–Trinajstić information content (AvgIpc) is 3.25. The summed E-state index contributed by atoms with van der Waals surface area (Å²) in [6, 6.07) is 0. The zero-order valence-corrected chi connectivity index (χ0v) is 28.8. The van der Waals surface area contributed by atoms with Gasteiger partial charge in [-0.05, 0) is 102 Å². The lowest BCUT2D eigenvalue weighted by Crippen LogP contribution is -2.66. The number of amides is 2. The highest BCUT2D eigenvalue weighted by Gasteiger charge is 2.71. The van der Waals surface area contributed by atoms with Gasteiger partial charge in [-0.15, -0.1) is 0 Å². The molecule has 5 aliphatic carbocycles. The summed E-state index contributed by atoms with van der Waals surface area (Å²) >= 11 is 0. The topological polar surface area (TPSA) is 84.0 Å². The SMILES string of the molecule is CC(=O)O[C@H]1CC[C@@]2(C)C(CC[C@]3(C)C2CCC2C4=C(C(C)C)C(=O)C[C@]4(C(=O)N4CCN(C)C(=O)C4)CC[C@]23C)C1(C)C. The molecular weight excluding hydrogens is 552 g/mol. The number of esters is 1. The maximum absolute atomic E-state index is 14.6. The van der Waals surface area contributed by atoms with Crippen molar-refractivity contribution in [2.75, 3.05) is 26.7 Å². The number of piperazine rings is 1. The molecule has 7 nitrogen and oxygen atoms in total. The average molecular weight is 609 g/mol. The van der Waals surface area contributed by atoms with Gasteiger partial charge in [-0.1, -0.05) is 48.5 Å². The van der Waals surface area contributed by atoms with E-state index in [0.717, 1.165) is 56.1 Å². The van der Waals surface area contributed by atoms with Gasteiger partial charge in [0.25, 0.3) is 0 Å². The summed E-state index contributed by atoms with van der Waals surface area (Å²) in [5.41, 5.74) is 1.39. The van der Waals surface area contributed by atoms with Gasteiger partial charge in [-0.2, -0.15) is 0 Å². The van der Waals surface area contributed by atoms with E-state index in [-0.39, 0.29) is 76.1 Å². The van der Waals surface area contributed by atoms with E-state index in [1.807, 2.05) is 0 Å². The number of hydrogen-bond donors (Lipinski definition) is 0. The molecule has 3 unspecified atom stereocenters. The minimum Gasteiger partial charge on any atom is -0.462 e. The summed E-state index contributed by atoms with van der Waals surface area (Å²) < 4.78 is 5.92. The molecule has 0 aromatic heterocycles. The molecule has 0 aromatic rings. The van der Waals surface area contributed by atoms with Gasteiger partial charge in [0.2, 0.25) is 11.8 Å². The van der Waals surface area contributed by atoms with Crippen molar-refractivity contribution in [1.29, 1.82) is 0 Å². The van der Waals surface area contributed by atoms with Gasteiger partial charge in [0.15, 0.2) is 5.78 Å². The van der Waals surface area contributed by atoms with Crippen molar-refractivity contribution in [3.63, 3.8) is 0 Å². The number of hydrogen-bond acceptors (Lipinski definition) is 5. The first-order valence-electron chi connectivity index (χ1n) is 17.4. The zero-order valence-electron chi connectivity index (χ0n) is 28.8. The van der Waals surface area contributed by atoms with Crippen molar-refractivity contribution in [3.8, 4) is 0 Å². The molecule has 244 valence electrons. The van der Waals surface area contributed by atoms with Crippen LogP contribution in [0.1, 0.15) is 113 Å². The number of likely N-dealkylation sites (N-methyl/N-ethyl adjacent to an activating group) is 1. The second kappa shape index (κ2) is 10.2. The molecule has 0 bridgehead atoms. The van der Waals surface area contributed by atoms with Crippen molar-refractivity contribution < 1.29 is 23.9 Å². The lowest BCUT2D eigenvalue weighted by atomic mass is 9.33. The van der Waals surface area contributed by atoms with E-state index in [9.17, 15) is 19.2 Å². The monoisotopic (exact) mass is 608 g/mol. The van der Waals surface area contributed by atoms with Crippen LogP contribution in [-0.4, -0.2) is 66.2 Å². The molecule has 0 radical (unpaired) electrons. The molecule has 5 fully saturated rings. The van der Waals surface area contributed by atoms with Crippen LogP contribution in [0.25, 0.3) is 0 Å². The Morgan fingerprint density at radius 3 is 2.20 bits per heavy atom. The molecule has 2 amide bonds. The number of fused-ring (bicyclic) bond motifs is 7. The third-order valence-electron chi connectivity index (χ3n) is 14.8. The van der Waals surface area contributed by atoms with Crippen LogP contribution < -0.4 is 0 Å². The molecule has 6 aliphatic rings. The number of ether oxygens (including phenoxy) is 1. The summed E-state index contributed by atoms with van der Waals surface area (Å²) in [7, 11) is 1.80. The number of nitrogens with zero attached hydrogens (tertiary/aromatic N) is 2. The molecule has 0 aromatic carbocycles. The fourth-order valence-electron chi connectivity index (χ4n) is 12.5. The van der Waals surface area contributed by atoms with Crippen molar-refractivity contribution in [1.82, 2.24) is 9.80 Å². The molecule has 1 saturated heterocycles. The lowest BCUT2D eigenvalue weighted by molar-refractivity contribution is -0.232. The fourth-order valence-corrected chi connectivity index (χ4v) is 12.5. The van der Waals surface area contributed by atoms with E-state index in [1.165, 1.54) is 6.92 Å². The highest BCUT2D eigenvalue weighted by atomic mass is 16.5. The van der Waals surface area contributed by atoms with E-state index < -0.39 is 5.41 Å². The van der Waals surface area contributed by atoms with Crippen molar-refractivity contribution in [3.05, 3.63) is 11.1 Å². The van der Waals surface area contributed by atoms with Crippen LogP contribution in [-0.2, 0) is 23.9 Å². The van der Waals surface area contributed by atoms with Gasteiger partial charge in [-0.3, -0.25) is 19.2 Å². The number of ketones is 1. The molecule has 6 rings (SSSR count). The Morgan fingerprint density at radius 2 is 1.57 bits per heavy atom. The Hall–Kier alpha value is -2.18. The highest BCUT2D eigenvalue weighted by molar-refractivity contribution is 6.07. The van der Waals surface area contributed by atoms with E-state index in [1.54, 1.807) is 16.8 Å². The minimum absolute atomic E-state index is 0.0217. The van der Waals surface area contributed by atoms with Gasteiger partial charge in [0, 0.05) is 38.9 Å². The van der Waals surface area contributed by atoms with Crippen LogP contribution >= 0.6 is 0 Å². The molecule has 8 atom stereocenters. The van der Waals surface area contributed by atoms with E-state index in [4.69, 9.17) is 4.74 Å². The van der Waals surface area contributed by atoms with Crippen LogP contribution in [0.3, 0.4) is 0 Å².